The molecule has 5 nitrogen and oxygen atoms in total. The SMILES string of the molecule is CCc1cccc(-n2nnn(C)c2=O)c1CC. The minimum Gasteiger partial charge on any atom is -0.244 e. The van der Waals surface area contributed by atoms with Crippen molar-refractivity contribution in [2.75, 3.05) is 0 Å². The lowest BCUT2D eigenvalue weighted by atomic mass is 10.0. The smallest absolute Gasteiger partial charge is 0.244 e. The number of hydrogen-bond acceptors (Lipinski definition) is 3. The summed E-state index contributed by atoms with van der Waals surface area (Å²) in [7, 11) is 1.60. The largest absolute Gasteiger partial charge is 0.368 e. The molecule has 0 amide bonds. The lowest BCUT2D eigenvalue weighted by Crippen LogP contribution is -2.23. The zero-order valence-electron chi connectivity index (χ0n) is 10.3. The van der Waals surface area contributed by atoms with E-state index in [0.717, 1.165) is 24.1 Å². The summed E-state index contributed by atoms with van der Waals surface area (Å²) in [4.78, 5) is 11.8. The van der Waals surface area contributed by atoms with Gasteiger partial charge in [0.05, 0.1) is 5.69 Å². The highest BCUT2D eigenvalue weighted by atomic mass is 16.2. The van der Waals surface area contributed by atoms with Gasteiger partial charge >= 0.3 is 5.69 Å². The standard InChI is InChI=1S/C12H16N4O/c1-4-9-7-6-8-11(10(9)5-2)16-12(17)15(3)13-14-16/h6-8H,4-5H2,1-3H3. The number of aromatic nitrogens is 4. The van der Waals surface area contributed by atoms with E-state index in [1.54, 1.807) is 7.05 Å². The molecule has 0 aliphatic rings. The van der Waals surface area contributed by atoms with Gasteiger partial charge in [-0.1, -0.05) is 26.0 Å². The van der Waals surface area contributed by atoms with Gasteiger partial charge in [-0.05, 0) is 40.5 Å². The van der Waals surface area contributed by atoms with Crippen LogP contribution in [0.25, 0.3) is 5.69 Å². The molecule has 0 bridgehead atoms. The fraction of sp³-hybridized carbons (Fsp3) is 0.417. The van der Waals surface area contributed by atoms with E-state index in [-0.39, 0.29) is 5.69 Å². The Morgan fingerprint density at radius 2 is 1.94 bits per heavy atom. The maximum absolute atomic E-state index is 11.8. The van der Waals surface area contributed by atoms with E-state index in [9.17, 15) is 4.79 Å². The fourth-order valence-corrected chi connectivity index (χ4v) is 2.02. The maximum Gasteiger partial charge on any atom is 0.368 e. The Kier molecular flexibility index (Phi) is 3.08. The third-order valence-corrected chi connectivity index (χ3v) is 2.93. The van der Waals surface area contributed by atoms with E-state index in [1.807, 2.05) is 12.1 Å². The third kappa shape index (κ3) is 1.88. The van der Waals surface area contributed by atoms with Crippen LogP contribution in [-0.2, 0) is 19.9 Å². The van der Waals surface area contributed by atoms with Gasteiger partial charge in [-0.15, -0.1) is 0 Å². The molecular formula is C12H16N4O. The Bertz CT molecular complexity index is 582. The molecule has 0 aliphatic carbocycles. The second-order valence-electron chi connectivity index (χ2n) is 3.92. The summed E-state index contributed by atoms with van der Waals surface area (Å²) in [5, 5.41) is 7.63. The first-order chi connectivity index (χ1) is 8.19. The van der Waals surface area contributed by atoms with Gasteiger partial charge in [0.15, 0.2) is 0 Å². The van der Waals surface area contributed by atoms with Gasteiger partial charge in [-0.25, -0.2) is 4.79 Å². The molecule has 0 saturated heterocycles. The van der Waals surface area contributed by atoms with Gasteiger partial charge in [-0.2, -0.15) is 9.36 Å². The van der Waals surface area contributed by atoms with Crippen molar-refractivity contribution in [1.82, 2.24) is 19.8 Å². The van der Waals surface area contributed by atoms with E-state index in [4.69, 9.17) is 0 Å². The molecule has 0 spiro atoms. The van der Waals surface area contributed by atoms with Crippen LogP contribution in [0.1, 0.15) is 25.0 Å². The van der Waals surface area contributed by atoms with E-state index in [2.05, 4.69) is 30.3 Å². The monoisotopic (exact) mass is 232 g/mol. The van der Waals surface area contributed by atoms with E-state index in [1.165, 1.54) is 14.9 Å². The normalized spacial score (nSPS) is 10.8. The minimum atomic E-state index is -0.215. The summed E-state index contributed by atoms with van der Waals surface area (Å²) in [6, 6.07) is 5.95. The molecule has 0 aliphatic heterocycles. The number of tetrazole rings is 1. The van der Waals surface area contributed by atoms with Crippen LogP contribution >= 0.6 is 0 Å². The molecule has 0 unspecified atom stereocenters. The van der Waals surface area contributed by atoms with E-state index >= 15 is 0 Å². The average molecular weight is 232 g/mol. The second-order valence-corrected chi connectivity index (χ2v) is 3.92. The van der Waals surface area contributed by atoms with Crippen LogP contribution in [0.15, 0.2) is 23.0 Å². The van der Waals surface area contributed by atoms with Crippen molar-refractivity contribution in [2.45, 2.75) is 26.7 Å². The highest BCUT2D eigenvalue weighted by molar-refractivity contribution is 5.45. The van der Waals surface area contributed by atoms with Crippen molar-refractivity contribution in [3.8, 4) is 5.69 Å². The molecule has 0 N–H and O–H groups in total. The Hall–Kier alpha value is -1.91. The molecule has 2 rings (SSSR count). The Balaban J connectivity index is 2.67. The number of nitrogens with zero attached hydrogens (tertiary/aromatic N) is 4. The Labute approximate surface area is 99.7 Å². The quantitative estimate of drug-likeness (QED) is 0.796. The molecule has 0 fully saturated rings. The molecule has 1 heterocycles. The predicted molar refractivity (Wildman–Crippen MR) is 65.4 cm³/mol. The summed E-state index contributed by atoms with van der Waals surface area (Å²) in [6.45, 7) is 4.19. The van der Waals surface area contributed by atoms with Gasteiger partial charge in [0.25, 0.3) is 0 Å². The number of rotatable bonds is 3. The molecule has 90 valence electrons. The summed E-state index contributed by atoms with van der Waals surface area (Å²) in [5.74, 6) is 0. The van der Waals surface area contributed by atoms with E-state index in [0.29, 0.717) is 0 Å². The first kappa shape index (κ1) is 11.6. The van der Waals surface area contributed by atoms with Gasteiger partial charge in [0.2, 0.25) is 0 Å². The van der Waals surface area contributed by atoms with Gasteiger partial charge in [-0.3, -0.25) is 0 Å². The van der Waals surface area contributed by atoms with Crippen molar-refractivity contribution < 1.29 is 0 Å². The summed E-state index contributed by atoms with van der Waals surface area (Å²) in [5.41, 5.74) is 3.04. The topological polar surface area (TPSA) is 52.7 Å². The van der Waals surface area contributed by atoms with Crippen molar-refractivity contribution in [2.24, 2.45) is 7.05 Å². The first-order valence-corrected chi connectivity index (χ1v) is 5.79. The zero-order chi connectivity index (χ0) is 12.4. The minimum absolute atomic E-state index is 0.215. The third-order valence-electron chi connectivity index (χ3n) is 2.93. The summed E-state index contributed by atoms with van der Waals surface area (Å²) < 4.78 is 2.59. The van der Waals surface area contributed by atoms with Crippen LogP contribution in [-0.4, -0.2) is 19.8 Å². The molecule has 1 aromatic carbocycles. The number of benzene rings is 1. The fourth-order valence-electron chi connectivity index (χ4n) is 2.02. The van der Waals surface area contributed by atoms with Crippen molar-refractivity contribution in [1.29, 1.82) is 0 Å². The maximum atomic E-state index is 11.8. The molecule has 1 aromatic heterocycles. The van der Waals surface area contributed by atoms with Crippen LogP contribution in [0.3, 0.4) is 0 Å². The molecule has 2 aromatic rings. The van der Waals surface area contributed by atoms with Gasteiger partial charge in [0.1, 0.15) is 0 Å². The zero-order valence-corrected chi connectivity index (χ0v) is 10.3. The molecule has 17 heavy (non-hydrogen) atoms. The van der Waals surface area contributed by atoms with E-state index < -0.39 is 0 Å². The van der Waals surface area contributed by atoms with Crippen LogP contribution < -0.4 is 5.69 Å². The summed E-state index contributed by atoms with van der Waals surface area (Å²) >= 11 is 0. The average Bonchev–Trinajstić information content (AvgIpc) is 2.69. The molecule has 5 heteroatoms. The highest BCUT2D eigenvalue weighted by Gasteiger charge is 2.11. The second kappa shape index (κ2) is 4.53. The molecule has 0 atom stereocenters. The van der Waals surface area contributed by atoms with Crippen molar-refractivity contribution in [3.63, 3.8) is 0 Å². The van der Waals surface area contributed by atoms with Crippen LogP contribution in [0.2, 0.25) is 0 Å². The summed E-state index contributed by atoms with van der Waals surface area (Å²) in [6.07, 6.45) is 1.83. The van der Waals surface area contributed by atoms with Crippen LogP contribution in [0.4, 0.5) is 0 Å². The van der Waals surface area contributed by atoms with Gasteiger partial charge < -0.3 is 0 Å². The molecule has 0 radical (unpaired) electrons. The van der Waals surface area contributed by atoms with Crippen LogP contribution in [0, 0.1) is 0 Å². The Morgan fingerprint density at radius 1 is 1.18 bits per heavy atom. The van der Waals surface area contributed by atoms with Crippen molar-refractivity contribution >= 4 is 0 Å². The lowest BCUT2D eigenvalue weighted by Gasteiger charge is -2.10. The molecule has 0 saturated carbocycles. The van der Waals surface area contributed by atoms with Crippen molar-refractivity contribution in [3.05, 3.63) is 39.8 Å². The predicted octanol–water partition coefficient (Wildman–Crippen LogP) is 1.09. The number of hydrogen-bond donors (Lipinski definition) is 0. The lowest BCUT2D eigenvalue weighted by molar-refractivity contribution is 0.692. The first-order valence-electron chi connectivity index (χ1n) is 5.79. The van der Waals surface area contributed by atoms with Gasteiger partial charge in [0, 0.05) is 7.05 Å². The molecular weight excluding hydrogens is 216 g/mol. The number of aryl methyl sites for hydroxylation is 2. The highest BCUT2D eigenvalue weighted by Crippen LogP contribution is 2.18. The van der Waals surface area contributed by atoms with Crippen LogP contribution in [0.5, 0.6) is 0 Å². The Morgan fingerprint density at radius 3 is 2.47 bits per heavy atom.